The molecule has 1 saturated heterocycles. The fourth-order valence-corrected chi connectivity index (χ4v) is 6.31. The Labute approximate surface area is 170 Å². The summed E-state index contributed by atoms with van der Waals surface area (Å²) in [6.45, 7) is 7.56. The molecule has 5 nitrogen and oxygen atoms in total. The molecule has 3 aromatic rings. The Morgan fingerprint density at radius 1 is 1.37 bits per heavy atom. The first kappa shape index (κ1) is 19.1. The Bertz CT molecular complexity index is 1020. The predicted molar refractivity (Wildman–Crippen MR) is 113 cm³/mol. The van der Waals surface area contributed by atoms with Gasteiger partial charge in [0, 0.05) is 22.6 Å². The standard InChI is InChI=1S/C19H23N3O2S3/c1-4-15-11(2)27-17-16(15)18(23)22(8-14-6-5-7-24-14)19(21-17)26-10-13-9-25-12(3)20-13/h9,14H,4-8,10H2,1-3H3. The molecule has 1 atom stereocenters. The minimum Gasteiger partial charge on any atom is -0.376 e. The van der Waals surface area contributed by atoms with Gasteiger partial charge in [-0.3, -0.25) is 9.36 Å². The fraction of sp³-hybridized carbons (Fsp3) is 0.526. The topological polar surface area (TPSA) is 57.0 Å². The molecule has 1 fully saturated rings. The van der Waals surface area contributed by atoms with Crippen LogP contribution in [0.1, 0.15) is 40.9 Å². The largest absolute Gasteiger partial charge is 0.376 e. The molecule has 144 valence electrons. The zero-order valence-corrected chi connectivity index (χ0v) is 18.2. The number of ether oxygens (including phenoxy) is 1. The third-order valence-corrected chi connectivity index (χ3v) is 7.73. The van der Waals surface area contributed by atoms with Gasteiger partial charge in [-0.1, -0.05) is 18.7 Å². The maximum atomic E-state index is 13.4. The molecule has 0 bridgehead atoms. The van der Waals surface area contributed by atoms with E-state index in [2.05, 4.69) is 24.2 Å². The third kappa shape index (κ3) is 3.85. The average Bonchev–Trinajstić information content (AvgIpc) is 3.36. The Hall–Kier alpha value is -1.22. The van der Waals surface area contributed by atoms with Gasteiger partial charge in [-0.25, -0.2) is 9.97 Å². The summed E-state index contributed by atoms with van der Waals surface area (Å²) in [4.78, 5) is 24.9. The first-order chi connectivity index (χ1) is 13.1. The van der Waals surface area contributed by atoms with E-state index in [9.17, 15) is 4.79 Å². The highest BCUT2D eigenvalue weighted by Crippen LogP contribution is 2.31. The number of hydrogen-bond donors (Lipinski definition) is 0. The highest BCUT2D eigenvalue weighted by Gasteiger charge is 2.22. The van der Waals surface area contributed by atoms with Crippen LogP contribution >= 0.6 is 34.4 Å². The van der Waals surface area contributed by atoms with Gasteiger partial charge in [0.05, 0.1) is 28.7 Å². The molecular formula is C19H23N3O2S3. The van der Waals surface area contributed by atoms with Crippen LogP contribution in [-0.4, -0.2) is 27.2 Å². The SMILES string of the molecule is CCc1c(C)sc2nc(SCc3csc(C)n3)n(CC3CCCO3)c(=O)c12. The van der Waals surface area contributed by atoms with E-state index >= 15 is 0 Å². The van der Waals surface area contributed by atoms with Crippen molar-refractivity contribution in [1.29, 1.82) is 0 Å². The second-order valence-corrected chi connectivity index (χ2v) is 9.97. The summed E-state index contributed by atoms with van der Waals surface area (Å²) in [5.74, 6) is 0.721. The third-order valence-electron chi connectivity index (χ3n) is 4.86. The van der Waals surface area contributed by atoms with Crippen LogP contribution < -0.4 is 5.56 Å². The zero-order valence-electron chi connectivity index (χ0n) is 15.8. The van der Waals surface area contributed by atoms with E-state index in [0.29, 0.717) is 6.54 Å². The van der Waals surface area contributed by atoms with Crippen molar-refractivity contribution >= 4 is 44.7 Å². The van der Waals surface area contributed by atoms with E-state index < -0.39 is 0 Å². The lowest BCUT2D eigenvalue weighted by Crippen LogP contribution is -2.29. The number of thioether (sulfide) groups is 1. The summed E-state index contributed by atoms with van der Waals surface area (Å²) < 4.78 is 7.64. The fourth-order valence-electron chi connectivity index (χ4n) is 3.53. The molecule has 4 heterocycles. The van der Waals surface area contributed by atoms with Gasteiger partial charge in [0.1, 0.15) is 4.83 Å². The number of fused-ring (bicyclic) bond motifs is 1. The molecule has 8 heteroatoms. The summed E-state index contributed by atoms with van der Waals surface area (Å²) in [5, 5.41) is 4.71. The van der Waals surface area contributed by atoms with Gasteiger partial charge < -0.3 is 4.74 Å². The molecule has 0 radical (unpaired) electrons. The molecule has 0 aromatic carbocycles. The van der Waals surface area contributed by atoms with Crippen molar-refractivity contribution < 1.29 is 4.74 Å². The van der Waals surface area contributed by atoms with Crippen LogP contribution in [0.2, 0.25) is 0 Å². The number of aromatic nitrogens is 3. The van der Waals surface area contributed by atoms with Crippen LogP contribution in [0, 0.1) is 13.8 Å². The molecule has 27 heavy (non-hydrogen) atoms. The van der Waals surface area contributed by atoms with E-state index in [4.69, 9.17) is 9.72 Å². The Kier molecular flexibility index (Phi) is 5.68. The first-order valence-corrected chi connectivity index (χ1v) is 11.9. The molecule has 0 aliphatic carbocycles. The van der Waals surface area contributed by atoms with Crippen LogP contribution in [0.3, 0.4) is 0 Å². The monoisotopic (exact) mass is 421 g/mol. The Balaban J connectivity index is 1.75. The molecule has 0 amide bonds. The number of hydrogen-bond acceptors (Lipinski definition) is 7. The first-order valence-electron chi connectivity index (χ1n) is 9.25. The van der Waals surface area contributed by atoms with E-state index in [1.807, 2.05) is 11.5 Å². The minimum absolute atomic E-state index is 0.0775. The minimum atomic E-state index is 0.0775. The molecule has 0 N–H and O–H groups in total. The molecule has 0 spiro atoms. The number of rotatable bonds is 6. The van der Waals surface area contributed by atoms with Crippen LogP contribution in [0.4, 0.5) is 0 Å². The van der Waals surface area contributed by atoms with E-state index in [1.165, 1.54) is 4.88 Å². The molecule has 3 aromatic heterocycles. The predicted octanol–water partition coefficient (Wildman–Crippen LogP) is 4.57. The van der Waals surface area contributed by atoms with Gasteiger partial charge in [0.2, 0.25) is 0 Å². The number of nitrogens with zero attached hydrogens (tertiary/aromatic N) is 3. The molecular weight excluding hydrogens is 398 g/mol. The summed E-state index contributed by atoms with van der Waals surface area (Å²) in [5.41, 5.74) is 2.26. The lowest BCUT2D eigenvalue weighted by atomic mass is 10.1. The van der Waals surface area contributed by atoms with Crippen molar-refractivity contribution in [3.05, 3.63) is 36.9 Å². The summed E-state index contributed by atoms with van der Waals surface area (Å²) in [6.07, 6.45) is 3.02. The van der Waals surface area contributed by atoms with Crippen molar-refractivity contribution in [3.8, 4) is 0 Å². The summed E-state index contributed by atoms with van der Waals surface area (Å²) in [7, 11) is 0. The van der Waals surface area contributed by atoms with Gasteiger partial charge >= 0.3 is 0 Å². The molecule has 1 aliphatic heterocycles. The van der Waals surface area contributed by atoms with Crippen molar-refractivity contribution in [3.63, 3.8) is 0 Å². The van der Waals surface area contributed by atoms with Crippen molar-refractivity contribution in [2.45, 2.75) is 63.6 Å². The van der Waals surface area contributed by atoms with Crippen molar-refractivity contribution in [2.24, 2.45) is 0 Å². The maximum Gasteiger partial charge on any atom is 0.263 e. The molecule has 0 saturated carbocycles. The number of aryl methyl sites for hydroxylation is 3. The second-order valence-electron chi connectivity index (χ2n) is 6.76. The Morgan fingerprint density at radius 2 is 2.22 bits per heavy atom. The molecule has 1 unspecified atom stereocenters. The van der Waals surface area contributed by atoms with Crippen LogP contribution in [0.5, 0.6) is 0 Å². The molecule has 4 rings (SSSR count). The van der Waals surface area contributed by atoms with Gasteiger partial charge in [-0.2, -0.15) is 0 Å². The summed E-state index contributed by atoms with van der Waals surface area (Å²) in [6, 6.07) is 0. The quantitative estimate of drug-likeness (QED) is 0.431. The van der Waals surface area contributed by atoms with Gasteiger partial charge in [-0.05, 0) is 38.7 Å². The number of thiazole rings is 1. The van der Waals surface area contributed by atoms with Crippen LogP contribution in [-0.2, 0) is 23.5 Å². The highest BCUT2D eigenvalue weighted by atomic mass is 32.2. The lowest BCUT2D eigenvalue weighted by Gasteiger charge is -2.15. The normalized spacial score (nSPS) is 17.2. The zero-order chi connectivity index (χ0) is 19.0. The van der Waals surface area contributed by atoms with E-state index in [0.717, 1.165) is 63.3 Å². The Morgan fingerprint density at radius 3 is 2.89 bits per heavy atom. The van der Waals surface area contributed by atoms with Gasteiger partial charge in [-0.15, -0.1) is 22.7 Å². The van der Waals surface area contributed by atoms with Gasteiger partial charge in [0.15, 0.2) is 5.16 Å². The maximum absolute atomic E-state index is 13.4. The number of thiophene rings is 1. The second kappa shape index (κ2) is 8.03. The average molecular weight is 422 g/mol. The van der Waals surface area contributed by atoms with Crippen LogP contribution in [0.25, 0.3) is 10.2 Å². The summed E-state index contributed by atoms with van der Waals surface area (Å²) >= 11 is 4.87. The van der Waals surface area contributed by atoms with E-state index in [1.54, 1.807) is 34.4 Å². The van der Waals surface area contributed by atoms with Crippen molar-refractivity contribution in [2.75, 3.05) is 6.61 Å². The van der Waals surface area contributed by atoms with Crippen LogP contribution in [0.15, 0.2) is 15.3 Å². The lowest BCUT2D eigenvalue weighted by molar-refractivity contribution is 0.0937. The smallest absolute Gasteiger partial charge is 0.263 e. The van der Waals surface area contributed by atoms with E-state index in [-0.39, 0.29) is 11.7 Å². The van der Waals surface area contributed by atoms with Gasteiger partial charge in [0.25, 0.3) is 5.56 Å². The highest BCUT2D eigenvalue weighted by molar-refractivity contribution is 7.98. The molecule has 1 aliphatic rings. The van der Waals surface area contributed by atoms with Crippen molar-refractivity contribution in [1.82, 2.24) is 14.5 Å².